The zero-order valence-electron chi connectivity index (χ0n) is 14.2. The Morgan fingerprint density at radius 3 is 2.67 bits per heavy atom. The molecule has 0 fully saturated rings. The number of hydrogen-bond donors (Lipinski definition) is 1. The highest BCUT2D eigenvalue weighted by Crippen LogP contribution is 2.19. The van der Waals surface area contributed by atoms with Gasteiger partial charge in [-0.1, -0.05) is 48.0 Å². The molecule has 4 nitrogen and oxygen atoms in total. The van der Waals surface area contributed by atoms with Gasteiger partial charge >= 0.3 is 0 Å². The minimum absolute atomic E-state index is 0.295. The average Bonchev–Trinajstić information content (AvgIpc) is 2.67. The van der Waals surface area contributed by atoms with Crippen molar-refractivity contribution in [2.45, 2.75) is 6.61 Å². The Labute approximate surface area is 171 Å². The molecule has 6 heteroatoms. The number of hydrogen-bond acceptors (Lipinski definition) is 3. The first-order chi connectivity index (χ1) is 13.1. The number of nitrogens with one attached hydrogen (secondary N) is 1. The summed E-state index contributed by atoms with van der Waals surface area (Å²) in [5.41, 5.74) is 4.76. The van der Waals surface area contributed by atoms with Crippen molar-refractivity contribution in [2.24, 2.45) is 5.10 Å². The summed E-state index contributed by atoms with van der Waals surface area (Å²) in [6, 6.07) is 22.1. The summed E-state index contributed by atoms with van der Waals surface area (Å²) in [5, 5.41) is 4.71. The minimum Gasteiger partial charge on any atom is -0.488 e. The van der Waals surface area contributed by atoms with E-state index in [0.29, 0.717) is 27.4 Å². The van der Waals surface area contributed by atoms with Crippen LogP contribution in [0.4, 0.5) is 0 Å². The number of halogens is 2. The van der Waals surface area contributed by atoms with E-state index in [1.807, 2.05) is 54.6 Å². The molecule has 1 amide bonds. The standard InChI is InChI=1S/C21H16BrClN2O2/c22-19-10-3-2-9-18(19)21(26)25-24-13-16-7-1-4-11-20(16)27-14-15-6-5-8-17(23)12-15/h1-13H,14H2,(H,25,26)/b24-13+. The zero-order valence-corrected chi connectivity index (χ0v) is 16.6. The molecule has 3 aromatic carbocycles. The fraction of sp³-hybridized carbons (Fsp3) is 0.0476. The number of benzene rings is 3. The van der Waals surface area contributed by atoms with E-state index in [4.69, 9.17) is 16.3 Å². The first-order valence-corrected chi connectivity index (χ1v) is 9.35. The second-order valence-corrected chi connectivity index (χ2v) is 6.93. The maximum Gasteiger partial charge on any atom is 0.272 e. The average molecular weight is 444 g/mol. The number of rotatable bonds is 6. The van der Waals surface area contributed by atoms with Crippen LogP contribution < -0.4 is 10.2 Å². The van der Waals surface area contributed by atoms with E-state index >= 15 is 0 Å². The molecular formula is C21H16BrClN2O2. The van der Waals surface area contributed by atoms with Crippen molar-refractivity contribution in [1.82, 2.24) is 5.43 Å². The lowest BCUT2D eigenvalue weighted by Crippen LogP contribution is -2.18. The van der Waals surface area contributed by atoms with Crippen molar-refractivity contribution in [3.05, 3.63) is 99.0 Å². The fourth-order valence-electron chi connectivity index (χ4n) is 2.37. The lowest BCUT2D eigenvalue weighted by Gasteiger charge is -2.09. The van der Waals surface area contributed by atoms with Gasteiger partial charge in [0.05, 0.1) is 11.8 Å². The van der Waals surface area contributed by atoms with Gasteiger partial charge in [-0.3, -0.25) is 4.79 Å². The predicted molar refractivity (Wildman–Crippen MR) is 111 cm³/mol. The van der Waals surface area contributed by atoms with E-state index in [1.165, 1.54) is 0 Å². The molecule has 0 unspecified atom stereocenters. The summed E-state index contributed by atoms with van der Waals surface area (Å²) in [6.07, 6.45) is 1.56. The van der Waals surface area contributed by atoms with Gasteiger partial charge in [-0.15, -0.1) is 0 Å². The lowest BCUT2D eigenvalue weighted by molar-refractivity contribution is 0.0954. The van der Waals surface area contributed by atoms with Crippen molar-refractivity contribution in [1.29, 1.82) is 0 Å². The summed E-state index contributed by atoms with van der Waals surface area (Å²) < 4.78 is 6.58. The molecule has 3 rings (SSSR count). The van der Waals surface area contributed by atoms with E-state index in [1.54, 1.807) is 24.4 Å². The minimum atomic E-state index is -0.295. The van der Waals surface area contributed by atoms with Crippen LogP contribution >= 0.6 is 27.5 Å². The molecule has 0 aliphatic carbocycles. The van der Waals surface area contributed by atoms with E-state index in [0.717, 1.165) is 11.1 Å². The van der Waals surface area contributed by atoms with Gasteiger partial charge < -0.3 is 4.74 Å². The summed E-state index contributed by atoms with van der Waals surface area (Å²) in [6.45, 7) is 0.384. The van der Waals surface area contributed by atoms with Crippen molar-refractivity contribution in [3.8, 4) is 5.75 Å². The Morgan fingerprint density at radius 2 is 1.85 bits per heavy atom. The van der Waals surface area contributed by atoms with Gasteiger partial charge in [-0.25, -0.2) is 5.43 Å². The molecule has 27 heavy (non-hydrogen) atoms. The summed E-state index contributed by atoms with van der Waals surface area (Å²) in [5.74, 6) is 0.368. The molecule has 0 atom stereocenters. The van der Waals surface area contributed by atoms with Crippen molar-refractivity contribution < 1.29 is 9.53 Å². The Hall–Kier alpha value is -2.63. The van der Waals surface area contributed by atoms with Gasteiger partial charge in [0.2, 0.25) is 0 Å². The molecule has 0 saturated heterocycles. The highest BCUT2D eigenvalue weighted by molar-refractivity contribution is 9.10. The quantitative estimate of drug-likeness (QED) is 0.407. The van der Waals surface area contributed by atoms with E-state index < -0.39 is 0 Å². The Bertz CT molecular complexity index is 976. The number of para-hydroxylation sites is 1. The number of hydrazone groups is 1. The molecule has 0 bridgehead atoms. The highest BCUT2D eigenvalue weighted by atomic mass is 79.9. The van der Waals surface area contributed by atoms with Gasteiger partial charge in [-0.05, 0) is 57.9 Å². The molecular weight excluding hydrogens is 428 g/mol. The first kappa shape index (κ1) is 19.1. The second kappa shape index (κ2) is 9.35. The van der Waals surface area contributed by atoms with E-state index in [-0.39, 0.29) is 5.91 Å². The molecule has 136 valence electrons. The summed E-state index contributed by atoms with van der Waals surface area (Å²) >= 11 is 9.35. The van der Waals surface area contributed by atoms with Crippen LogP contribution in [0.25, 0.3) is 0 Å². The predicted octanol–water partition coefficient (Wildman–Crippen LogP) is 5.45. The van der Waals surface area contributed by atoms with E-state index in [9.17, 15) is 4.79 Å². The van der Waals surface area contributed by atoms with Crippen LogP contribution in [0, 0.1) is 0 Å². The Morgan fingerprint density at radius 1 is 1.07 bits per heavy atom. The van der Waals surface area contributed by atoms with Crippen molar-refractivity contribution in [2.75, 3.05) is 0 Å². The van der Waals surface area contributed by atoms with Crippen LogP contribution in [0.15, 0.2) is 82.4 Å². The number of nitrogens with zero attached hydrogens (tertiary/aromatic N) is 1. The topological polar surface area (TPSA) is 50.7 Å². The number of carbonyl (C=O) groups excluding carboxylic acids is 1. The Kier molecular flexibility index (Phi) is 6.63. The van der Waals surface area contributed by atoms with Crippen LogP contribution in [0.5, 0.6) is 5.75 Å². The number of carbonyl (C=O) groups is 1. The Balaban J connectivity index is 1.66. The second-order valence-electron chi connectivity index (χ2n) is 5.64. The lowest BCUT2D eigenvalue weighted by atomic mass is 10.2. The first-order valence-electron chi connectivity index (χ1n) is 8.17. The summed E-state index contributed by atoms with van der Waals surface area (Å²) in [4.78, 5) is 12.2. The normalized spacial score (nSPS) is 10.7. The third-order valence-corrected chi connectivity index (χ3v) is 4.62. The number of ether oxygens (including phenoxy) is 1. The maximum absolute atomic E-state index is 12.2. The highest BCUT2D eigenvalue weighted by Gasteiger charge is 2.08. The van der Waals surface area contributed by atoms with Crippen LogP contribution in [0.1, 0.15) is 21.5 Å². The molecule has 0 radical (unpaired) electrons. The molecule has 3 aromatic rings. The van der Waals surface area contributed by atoms with Crippen molar-refractivity contribution >= 4 is 39.7 Å². The third kappa shape index (κ3) is 5.42. The van der Waals surface area contributed by atoms with Gasteiger partial charge in [0.1, 0.15) is 12.4 Å². The molecule has 1 N–H and O–H groups in total. The molecule has 0 aliphatic heterocycles. The molecule has 0 spiro atoms. The smallest absolute Gasteiger partial charge is 0.272 e. The van der Waals surface area contributed by atoms with E-state index in [2.05, 4.69) is 26.5 Å². The monoisotopic (exact) mass is 442 g/mol. The van der Waals surface area contributed by atoms with Crippen molar-refractivity contribution in [3.63, 3.8) is 0 Å². The largest absolute Gasteiger partial charge is 0.488 e. The van der Waals surface area contributed by atoms with Gasteiger partial charge in [0.25, 0.3) is 5.91 Å². The molecule has 0 saturated carbocycles. The zero-order chi connectivity index (χ0) is 19.1. The maximum atomic E-state index is 12.2. The molecule has 0 aliphatic rings. The van der Waals surface area contributed by atoms with Crippen LogP contribution in [-0.4, -0.2) is 12.1 Å². The molecule has 0 aromatic heterocycles. The SMILES string of the molecule is O=C(N/N=C/c1ccccc1OCc1cccc(Cl)c1)c1ccccc1Br. The van der Waals surface area contributed by atoms with Crippen LogP contribution in [-0.2, 0) is 6.61 Å². The van der Waals surface area contributed by atoms with Crippen LogP contribution in [0.2, 0.25) is 5.02 Å². The summed E-state index contributed by atoms with van der Waals surface area (Å²) in [7, 11) is 0. The number of amides is 1. The van der Waals surface area contributed by atoms with Crippen LogP contribution in [0.3, 0.4) is 0 Å². The third-order valence-electron chi connectivity index (χ3n) is 3.69. The van der Waals surface area contributed by atoms with Gasteiger partial charge in [0.15, 0.2) is 0 Å². The van der Waals surface area contributed by atoms with Gasteiger partial charge in [0, 0.05) is 15.1 Å². The molecule has 0 heterocycles. The van der Waals surface area contributed by atoms with Gasteiger partial charge in [-0.2, -0.15) is 5.10 Å². The fourth-order valence-corrected chi connectivity index (χ4v) is 3.05.